The molecule has 2 nitrogen and oxygen atoms in total. The highest BCUT2D eigenvalue weighted by molar-refractivity contribution is 5.34. The molecule has 0 unspecified atom stereocenters. The Morgan fingerprint density at radius 2 is 2.00 bits per heavy atom. The fraction of sp³-hybridized carbons (Fsp3) is 0.400. The topological polar surface area (TPSA) is 17.8 Å². The van der Waals surface area contributed by atoms with Gasteiger partial charge in [0.15, 0.2) is 0 Å². The van der Waals surface area contributed by atoms with Gasteiger partial charge in [-0.25, -0.2) is 4.68 Å². The fourth-order valence-electron chi connectivity index (χ4n) is 2.69. The van der Waals surface area contributed by atoms with Gasteiger partial charge in [-0.1, -0.05) is 25.0 Å². The van der Waals surface area contributed by atoms with Gasteiger partial charge in [0.05, 0.1) is 11.4 Å². The zero-order valence-electron chi connectivity index (χ0n) is 10.3. The Kier molecular flexibility index (Phi) is 2.71. The van der Waals surface area contributed by atoms with E-state index in [2.05, 4.69) is 43.5 Å². The number of aromatic nitrogens is 2. The lowest BCUT2D eigenvalue weighted by Crippen LogP contribution is -1.98. The third-order valence-electron chi connectivity index (χ3n) is 3.65. The van der Waals surface area contributed by atoms with Crippen molar-refractivity contribution in [3.63, 3.8) is 0 Å². The first-order chi connectivity index (χ1) is 8.33. The predicted molar refractivity (Wildman–Crippen MR) is 69.5 cm³/mol. The molecule has 1 fully saturated rings. The Morgan fingerprint density at radius 3 is 2.76 bits per heavy atom. The van der Waals surface area contributed by atoms with E-state index in [1.54, 1.807) is 0 Å². The second-order valence-electron chi connectivity index (χ2n) is 5.01. The summed E-state index contributed by atoms with van der Waals surface area (Å²) in [6.07, 6.45) is 7.43. The van der Waals surface area contributed by atoms with E-state index in [1.807, 2.05) is 4.68 Å². The molecule has 2 aromatic rings. The van der Waals surface area contributed by atoms with Crippen molar-refractivity contribution in [2.45, 2.75) is 38.5 Å². The molecule has 0 aliphatic heterocycles. The second-order valence-corrected chi connectivity index (χ2v) is 5.01. The van der Waals surface area contributed by atoms with Crippen molar-refractivity contribution in [2.24, 2.45) is 0 Å². The van der Waals surface area contributed by atoms with Gasteiger partial charge in [-0.2, -0.15) is 5.10 Å². The van der Waals surface area contributed by atoms with Crippen LogP contribution in [0.1, 0.15) is 42.9 Å². The van der Waals surface area contributed by atoms with Gasteiger partial charge in [-0.05, 0) is 43.5 Å². The Hall–Kier alpha value is -1.57. The van der Waals surface area contributed by atoms with Crippen LogP contribution in [-0.2, 0) is 0 Å². The molecule has 3 rings (SSSR count). The minimum Gasteiger partial charge on any atom is -0.241 e. The van der Waals surface area contributed by atoms with Crippen molar-refractivity contribution in [2.75, 3.05) is 0 Å². The molecule has 1 aromatic carbocycles. The van der Waals surface area contributed by atoms with Crippen molar-refractivity contribution < 1.29 is 0 Å². The molecular formula is C15H18N2. The van der Waals surface area contributed by atoms with Crippen molar-refractivity contribution >= 4 is 0 Å². The molecule has 1 heterocycles. The van der Waals surface area contributed by atoms with Gasteiger partial charge in [0.2, 0.25) is 0 Å². The van der Waals surface area contributed by atoms with Gasteiger partial charge in [0, 0.05) is 12.1 Å². The summed E-state index contributed by atoms with van der Waals surface area (Å²) in [5, 5.41) is 4.72. The summed E-state index contributed by atoms with van der Waals surface area (Å²) in [6, 6.07) is 10.7. The van der Waals surface area contributed by atoms with Crippen molar-refractivity contribution in [3.8, 4) is 5.69 Å². The van der Waals surface area contributed by atoms with Crippen LogP contribution in [0.25, 0.3) is 5.69 Å². The average molecular weight is 226 g/mol. The van der Waals surface area contributed by atoms with Crippen LogP contribution in [0.5, 0.6) is 0 Å². The maximum atomic E-state index is 4.72. The average Bonchev–Trinajstić information content (AvgIpc) is 3.00. The smallest absolute Gasteiger partial charge is 0.0659 e. The molecule has 0 bridgehead atoms. The number of benzene rings is 1. The monoisotopic (exact) mass is 226 g/mol. The lowest BCUT2D eigenvalue weighted by atomic mass is 10.1. The number of rotatable bonds is 2. The summed E-state index contributed by atoms with van der Waals surface area (Å²) < 4.78 is 2.00. The molecule has 0 radical (unpaired) electrons. The minimum absolute atomic E-state index is 0.695. The predicted octanol–water partition coefficient (Wildman–Crippen LogP) is 3.84. The van der Waals surface area contributed by atoms with Crippen LogP contribution in [0, 0.1) is 6.92 Å². The first kappa shape index (κ1) is 10.6. The molecule has 0 spiro atoms. The van der Waals surface area contributed by atoms with Crippen LogP contribution in [0.4, 0.5) is 0 Å². The molecule has 1 aliphatic rings. The van der Waals surface area contributed by atoms with Crippen molar-refractivity contribution in [3.05, 3.63) is 47.8 Å². The molecule has 0 amide bonds. The number of aryl methyl sites for hydroxylation is 1. The van der Waals surface area contributed by atoms with E-state index in [4.69, 9.17) is 5.10 Å². The van der Waals surface area contributed by atoms with E-state index in [0.29, 0.717) is 5.92 Å². The summed E-state index contributed by atoms with van der Waals surface area (Å²) in [7, 11) is 0. The molecule has 88 valence electrons. The maximum absolute atomic E-state index is 4.72. The summed E-state index contributed by atoms with van der Waals surface area (Å²) in [5.41, 5.74) is 3.71. The Bertz CT molecular complexity index is 507. The van der Waals surface area contributed by atoms with Crippen molar-refractivity contribution in [1.82, 2.24) is 9.78 Å². The van der Waals surface area contributed by atoms with Crippen LogP contribution in [-0.4, -0.2) is 9.78 Å². The van der Waals surface area contributed by atoms with Gasteiger partial charge < -0.3 is 0 Å². The van der Waals surface area contributed by atoms with E-state index in [9.17, 15) is 0 Å². The van der Waals surface area contributed by atoms with Gasteiger partial charge in [-0.15, -0.1) is 0 Å². The molecule has 2 heteroatoms. The summed E-state index contributed by atoms with van der Waals surface area (Å²) >= 11 is 0. The first-order valence-corrected chi connectivity index (χ1v) is 6.45. The first-order valence-electron chi connectivity index (χ1n) is 6.45. The normalized spacial score (nSPS) is 16.5. The van der Waals surface area contributed by atoms with Crippen LogP contribution < -0.4 is 0 Å². The van der Waals surface area contributed by atoms with E-state index >= 15 is 0 Å². The number of hydrogen-bond acceptors (Lipinski definition) is 1. The third-order valence-corrected chi connectivity index (χ3v) is 3.65. The molecule has 0 atom stereocenters. The standard InChI is InChI=1S/C15H18N2/c1-12-5-4-8-14(11-12)17-10-9-15(16-17)13-6-2-3-7-13/h4-5,8-11,13H,2-3,6-7H2,1H3. The van der Waals surface area contributed by atoms with E-state index < -0.39 is 0 Å². The van der Waals surface area contributed by atoms with Crippen LogP contribution in [0.3, 0.4) is 0 Å². The van der Waals surface area contributed by atoms with E-state index in [-0.39, 0.29) is 0 Å². The van der Waals surface area contributed by atoms with Crippen LogP contribution in [0.15, 0.2) is 36.5 Å². The molecule has 1 saturated carbocycles. The number of nitrogens with zero attached hydrogens (tertiary/aromatic N) is 2. The van der Waals surface area contributed by atoms with E-state index in [0.717, 1.165) is 5.69 Å². The molecule has 1 aliphatic carbocycles. The SMILES string of the molecule is Cc1cccc(-n2ccc(C3CCCC3)n2)c1. The Labute approximate surface area is 102 Å². The Morgan fingerprint density at radius 1 is 1.18 bits per heavy atom. The third kappa shape index (κ3) is 2.12. The van der Waals surface area contributed by atoms with Gasteiger partial charge >= 0.3 is 0 Å². The highest BCUT2D eigenvalue weighted by Gasteiger charge is 2.19. The van der Waals surface area contributed by atoms with Crippen LogP contribution in [0.2, 0.25) is 0 Å². The molecular weight excluding hydrogens is 208 g/mol. The molecule has 17 heavy (non-hydrogen) atoms. The molecule has 0 saturated heterocycles. The summed E-state index contributed by atoms with van der Waals surface area (Å²) in [6.45, 7) is 2.12. The summed E-state index contributed by atoms with van der Waals surface area (Å²) in [5.74, 6) is 0.695. The highest BCUT2D eigenvalue weighted by atomic mass is 15.3. The van der Waals surface area contributed by atoms with Gasteiger partial charge in [-0.3, -0.25) is 0 Å². The Balaban J connectivity index is 1.89. The second kappa shape index (κ2) is 4.36. The number of hydrogen-bond donors (Lipinski definition) is 0. The van der Waals surface area contributed by atoms with Crippen molar-refractivity contribution in [1.29, 1.82) is 0 Å². The van der Waals surface area contributed by atoms with Crippen LogP contribution >= 0.6 is 0 Å². The zero-order chi connectivity index (χ0) is 11.7. The van der Waals surface area contributed by atoms with Gasteiger partial charge in [0.1, 0.15) is 0 Å². The highest BCUT2D eigenvalue weighted by Crippen LogP contribution is 2.33. The maximum Gasteiger partial charge on any atom is 0.0659 e. The van der Waals surface area contributed by atoms with Gasteiger partial charge in [0.25, 0.3) is 0 Å². The molecule has 0 N–H and O–H groups in total. The lowest BCUT2D eigenvalue weighted by molar-refractivity contribution is 0.678. The zero-order valence-corrected chi connectivity index (χ0v) is 10.3. The minimum atomic E-state index is 0.695. The quantitative estimate of drug-likeness (QED) is 0.760. The molecule has 1 aromatic heterocycles. The largest absolute Gasteiger partial charge is 0.241 e. The van der Waals surface area contributed by atoms with E-state index in [1.165, 1.54) is 36.9 Å². The fourth-order valence-corrected chi connectivity index (χ4v) is 2.69. The summed E-state index contributed by atoms with van der Waals surface area (Å²) in [4.78, 5) is 0. The lowest BCUT2D eigenvalue weighted by Gasteiger charge is -2.05.